The maximum atomic E-state index is 9.98. The molecule has 3 nitrogen and oxygen atoms in total. The van der Waals surface area contributed by atoms with Gasteiger partial charge in [0.15, 0.2) is 0 Å². The molecule has 1 aromatic carbocycles. The van der Waals surface area contributed by atoms with Gasteiger partial charge in [0.05, 0.1) is 11.2 Å². The fourth-order valence-corrected chi connectivity index (χ4v) is 1.37. The quantitative estimate of drug-likeness (QED) is 0.733. The van der Waals surface area contributed by atoms with Crippen LogP contribution in [-0.2, 0) is 11.1 Å². The predicted octanol–water partition coefficient (Wildman–Crippen LogP) is 0.764. The average Bonchev–Trinajstić information content (AvgIpc) is 2.27. The van der Waals surface area contributed by atoms with Gasteiger partial charge in [0.25, 0.3) is 0 Å². The Balaban J connectivity index is 2.59. The van der Waals surface area contributed by atoms with Crippen LogP contribution in [0.5, 0.6) is 0 Å². The zero-order valence-electron chi connectivity index (χ0n) is 11.7. The van der Waals surface area contributed by atoms with E-state index in [1.807, 2.05) is 38.1 Å². The second-order valence-electron chi connectivity index (χ2n) is 5.65. The molecular weight excluding hydrogens is 227 g/mol. The summed E-state index contributed by atoms with van der Waals surface area (Å²) >= 11 is 0. The van der Waals surface area contributed by atoms with E-state index in [2.05, 4.69) is 0 Å². The maximum Gasteiger partial charge on any atom is 0.309 e. The smallest absolute Gasteiger partial charge is 0.309 e. The van der Waals surface area contributed by atoms with Crippen LogP contribution < -0.4 is 5.46 Å². The SMILES string of the molecule is CC(C)(O)C(C)(C)OBc1ccc(CCO)cc1. The maximum absolute atomic E-state index is 9.98. The highest BCUT2D eigenvalue weighted by Gasteiger charge is 2.35. The lowest BCUT2D eigenvalue weighted by Gasteiger charge is -2.37. The van der Waals surface area contributed by atoms with Gasteiger partial charge in [0, 0.05) is 6.61 Å². The molecular formula is C14H23BO3. The summed E-state index contributed by atoms with van der Waals surface area (Å²) in [5.74, 6) is 0. The van der Waals surface area contributed by atoms with Crippen LogP contribution >= 0.6 is 0 Å². The number of hydrogen-bond donors (Lipinski definition) is 2. The van der Waals surface area contributed by atoms with Crippen molar-refractivity contribution in [3.8, 4) is 0 Å². The van der Waals surface area contributed by atoms with E-state index in [9.17, 15) is 5.11 Å². The fraction of sp³-hybridized carbons (Fsp3) is 0.571. The number of benzene rings is 1. The monoisotopic (exact) mass is 250 g/mol. The van der Waals surface area contributed by atoms with Crippen molar-refractivity contribution in [1.82, 2.24) is 0 Å². The van der Waals surface area contributed by atoms with E-state index < -0.39 is 11.2 Å². The van der Waals surface area contributed by atoms with Crippen molar-refractivity contribution in [2.45, 2.75) is 45.3 Å². The Labute approximate surface area is 110 Å². The zero-order valence-corrected chi connectivity index (χ0v) is 11.7. The van der Waals surface area contributed by atoms with Gasteiger partial charge in [-0.15, -0.1) is 0 Å². The molecule has 1 aromatic rings. The second-order valence-corrected chi connectivity index (χ2v) is 5.65. The van der Waals surface area contributed by atoms with E-state index >= 15 is 0 Å². The van der Waals surface area contributed by atoms with Gasteiger partial charge < -0.3 is 14.9 Å². The third-order valence-corrected chi connectivity index (χ3v) is 3.50. The highest BCUT2D eigenvalue weighted by molar-refractivity contribution is 6.47. The highest BCUT2D eigenvalue weighted by Crippen LogP contribution is 2.24. The van der Waals surface area contributed by atoms with Crippen LogP contribution in [0.4, 0.5) is 0 Å². The Bertz CT molecular complexity index is 366. The van der Waals surface area contributed by atoms with Crippen LogP contribution in [0.2, 0.25) is 0 Å². The Morgan fingerprint density at radius 1 is 1.11 bits per heavy atom. The number of hydrogen-bond acceptors (Lipinski definition) is 3. The summed E-state index contributed by atoms with van der Waals surface area (Å²) in [6.45, 7) is 7.43. The minimum atomic E-state index is -0.885. The molecule has 100 valence electrons. The summed E-state index contributed by atoms with van der Waals surface area (Å²) in [7, 11) is 0.469. The van der Waals surface area contributed by atoms with Crippen molar-refractivity contribution in [3.05, 3.63) is 29.8 Å². The van der Waals surface area contributed by atoms with Crippen LogP contribution in [0.15, 0.2) is 24.3 Å². The van der Waals surface area contributed by atoms with Crippen LogP contribution in [0.1, 0.15) is 33.3 Å². The van der Waals surface area contributed by atoms with Crippen molar-refractivity contribution in [2.24, 2.45) is 0 Å². The van der Waals surface area contributed by atoms with Gasteiger partial charge in [-0.05, 0) is 39.7 Å². The summed E-state index contributed by atoms with van der Waals surface area (Å²) in [5, 5.41) is 18.8. The van der Waals surface area contributed by atoms with Gasteiger partial charge in [-0.3, -0.25) is 0 Å². The molecule has 0 aromatic heterocycles. The molecule has 0 fully saturated rings. The van der Waals surface area contributed by atoms with Crippen molar-refractivity contribution >= 4 is 12.9 Å². The molecule has 0 aliphatic heterocycles. The molecule has 0 aliphatic carbocycles. The fourth-order valence-electron chi connectivity index (χ4n) is 1.37. The van der Waals surface area contributed by atoms with Gasteiger partial charge >= 0.3 is 7.48 Å². The van der Waals surface area contributed by atoms with E-state index in [1.54, 1.807) is 13.8 Å². The molecule has 0 heterocycles. The van der Waals surface area contributed by atoms with E-state index in [1.165, 1.54) is 0 Å². The van der Waals surface area contributed by atoms with Crippen LogP contribution in [0, 0.1) is 0 Å². The van der Waals surface area contributed by atoms with Crippen molar-refractivity contribution in [1.29, 1.82) is 0 Å². The number of rotatable bonds is 6. The molecule has 0 aliphatic rings. The van der Waals surface area contributed by atoms with Crippen molar-refractivity contribution in [2.75, 3.05) is 6.61 Å². The van der Waals surface area contributed by atoms with Gasteiger partial charge in [-0.2, -0.15) is 0 Å². The largest absolute Gasteiger partial charge is 0.427 e. The van der Waals surface area contributed by atoms with Crippen LogP contribution in [0.3, 0.4) is 0 Å². The van der Waals surface area contributed by atoms with Crippen LogP contribution in [-0.4, -0.2) is 35.5 Å². The minimum absolute atomic E-state index is 0.168. The average molecular weight is 250 g/mol. The van der Waals surface area contributed by atoms with Crippen LogP contribution in [0.25, 0.3) is 0 Å². The Kier molecular flexibility index (Phi) is 4.96. The molecule has 0 amide bonds. The lowest BCUT2D eigenvalue weighted by Crippen LogP contribution is -2.49. The Hall–Kier alpha value is -0.835. The molecule has 0 radical (unpaired) electrons. The molecule has 4 heteroatoms. The lowest BCUT2D eigenvalue weighted by molar-refractivity contribution is -0.0893. The summed E-state index contributed by atoms with van der Waals surface area (Å²) in [4.78, 5) is 0. The standard InChI is InChI=1S/C14H23BO3/c1-13(2,17)14(3,4)18-15-12-7-5-11(6-8-12)9-10-16/h5-8,15-17H,9-10H2,1-4H3. The molecule has 0 spiro atoms. The van der Waals surface area contributed by atoms with Gasteiger partial charge in [0.2, 0.25) is 0 Å². The summed E-state index contributed by atoms with van der Waals surface area (Å²) in [6.07, 6.45) is 0.677. The van der Waals surface area contributed by atoms with Crippen molar-refractivity contribution in [3.63, 3.8) is 0 Å². The zero-order chi connectivity index (χ0) is 13.8. The second kappa shape index (κ2) is 5.87. The topological polar surface area (TPSA) is 49.7 Å². The summed E-state index contributed by atoms with van der Waals surface area (Å²) in [6, 6.07) is 7.97. The Morgan fingerprint density at radius 3 is 2.11 bits per heavy atom. The highest BCUT2D eigenvalue weighted by atomic mass is 16.5. The van der Waals surface area contributed by atoms with Crippen molar-refractivity contribution < 1.29 is 14.9 Å². The van der Waals surface area contributed by atoms with E-state index in [0.29, 0.717) is 13.9 Å². The molecule has 0 unspecified atom stereocenters. The Morgan fingerprint density at radius 2 is 1.67 bits per heavy atom. The molecule has 0 bridgehead atoms. The molecule has 0 atom stereocenters. The third kappa shape index (κ3) is 4.12. The van der Waals surface area contributed by atoms with Gasteiger partial charge in [0.1, 0.15) is 0 Å². The molecule has 1 rings (SSSR count). The third-order valence-electron chi connectivity index (χ3n) is 3.50. The first kappa shape index (κ1) is 15.2. The summed E-state index contributed by atoms with van der Waals surface area (Å²) < 4.78 is 5.78. The molecule has 18 heavy (non-hydrogen) atoms. The van der Waals surface area contributed by atoms with Gasteiger partial charge in [-0.1, -0.05) is 29.7 Å². The van der Waals surface area contributed by atoms with E-state index in [4.69, 9.17) is 9.76 Å². The first-order valence-corrected chi connectivity index (χ1v) is 6.31. The first-order chi connectivity index (χ1) is 8.26. The molecule has 2 N–H and O–H groups in total. The molecule has 0 saturated heterocycles. The first-order valence-electron chi connectivity index (χ1n) is 6.31. The van der Waals surface area contributed by atoms with Gasteiger partial charge in [-0.25, -0.2) is 0 Å². The minimum Gasteiger partial charge on any atom is -0.427 e. The molecule has 0 saturated carbocycles. The predicted molar refractivity (Wildman–Crippen MR) is 75.5 cm³/mol. The lowest BCUT2D eigenvalue weighted by atomic mass is 9.82. The number of aliphatic hydroxyl groups is 2. The van der Waals surface area contributed by atoms with E-state index in [-0.39, 0.29) is 6.61 Å². The summed E-state index contributed by atoms with van der Waals surface area (Å²) in [5.41, 5.74) is 0.692. The van der Waals surface area contributed by atoms with E-state index in [0.717, 1.165) is 11.0 Å². The normalized spacial score (nSPS) is 12.6. The number of aliphatic hydroxyl groups excluding tert-OH is 1.